The molecule has 0 aromatic heterocycles. The molecule has 0 bridgehead atoms. The molecule has 0 N–H and O–H groups in total. The Morgan fingerprint density at radius 1 is 1.00 bits per heavy atom. The van der Waals surface area contributed by atoms with Gasteiger partial charge in [0.15, 0.2) is 15.0 Å². The summed E-state index contributed by atoms with van der Waals surface area (Å²) < 4.78 is 24.2. The molecule has 0 spiro atoms. The molecule has 7 heteroatoms. The van der Waals surface area contributed by atoms with Crippen molar-refractivity contribution in [2.24, 2.45) is 4.99 Å². The zero-order chi connectivity index (χ0) is 20.3. The van der Waals surface area contributed by atoms with E-state index in [0.717, 1.165) is 18.4 Å². The molecule has 2 fully saturated rings. The number of sulfone groups is 1. The number of nitrogens with zero attached hydrogens (tertiary/aromatic N) is 2. The summed E-state index contributed by atoms with van der Waals surface area (Å²) >= 11 is 1.44. The van der Waals surface area contributed by atoms with E-state index < -0.39 is 9.84 Å². The number of amides is 1. The summed E-state index contributed by atoms with van der Waals surface area (Å²) in [6.45, 7) is 0.570. The van der Waals surface area contributed by atoms with Crippen LogP contribution < -0.4 is 0 Å². The summed E-state index contributed by atoms with van der Waals surface area (Å²) in [5.41, 5.74) is 2.30. The third-order valence-electron chi connectivity index (χ3n) is 5.29. The number of hydrogen-bond acceptors (Lipinski definition) is 4. The molecule has 5 nitrogen and oxygen atoms in total. The highest BCUT2D eigenvalue weighted by Crippen LogP contribution is 2.39. The largest absolute Gasteiger partial charge is 0.342 e. The van der Waals surface area contributed by atoms with Gasteiger partial charge in [0, 0.05) is 18.2 Å². The molecule has 2 aliphatic rings. The van der Waals surface area contributed by atoms with Gasteiger partial charge in [0.2, 0.25) is 5.91 Å². The molecule has 0 aliphatic carbocycles. The number of rotatable bonds is 6. The van der Waals surface area contributed by atoms with Gasteiger partial charge < -0.3 is 4.90 Å². The summed E-state index contributed by atoms with van der Waals surface area (Å²) in [7, 11) is -3.03. The van der Waals surface area contributed by atoms with Crippen molar-refractivity contribution in [2.75, 3.05) is 11.5 Å². The maximum atomic E-state index is 12.5. The van der Waals surface area contributed by atoms with Crippen LogP contribution in [0.3, 0.4) is 0 Å². The number of fused-ring (bicyclic) bond motifs is 1. The van der Waals surface area contributed by atoms with Crippen LogP contribution in [0.4, 0.5) is 0 Å². The van der Waals surface area contributed by atoms with Gasteiger partial charge in [-0.2, -0.15) is 4.99 Å². The first-order valence-electron chi connectivity index (χ1n) is 9.83. The number of hydrogen-bond donors (Lipinski definition) is 0. The summed E-state index contributed by atoms with van der Waals surface area (Å²) in [6, 6.07) is 19.9. The molecule has 29 heavy (non-hydrogen) atoms. The van der Waals surface area contributed by atoms with Crippen LogP contribution >= 0.6 is 11.8 Å². The number of carbonyl (C=O) groups is 1. The smallest absolute Gasteiger partial charge is 0.248 e. The summed E-state index contributed by atoms with van der Waals surface area (Å²) in [4.78, 5) is 18.9. The summed E-state index contributed by atoms with van der Waals surface area (Å²) in [6.07, 6.45) is 2.00. The first-order chi connectivity index (χ1) is 14.0. The fourth-order valence-electron chi connectivity index (χ4n) is 3.85. The lowest BCUT2D eigenvalue weighted by Gasteiger charge is -2.24. The highest BCUT2D eigenvalue weighted by molar-refractivity contribution is 8.15. The highest BCUT2D eigenvalue weighted by Gasteiger charge is 2.48. The van der Waals surface area contributed by atoms with E-state index in [1.165, 1.54) is 17.3 Å². The molecule has 0 radical (unpaired) electrons. The molecule has 152 valence electrons. The van der Waals surface area contributed by atoms with E-state index in [4.69, 9.17) is 0 Å². The molecule has 4 rings (SSSR count). The zero-order valence-corrected chi connectivity index (χ0v) is 17.7. The molecule has 1 amide bonds. The first kappa shape index (κ1) is 20.2. The second-order valence-corrected chi connectivity index (χ2v) is 10.9. The Labute approximate surface area is 176 Å². The van der Waals surface area contributed by atoms with Crippen LogP contribution in [0.5, 0.6) is 0 Å². The van der Waals surface area contributed by atoms with Gasteiger partial charge in [-0.3, -0.25) is 4.79 Å². The van der Waals surface area contributed by atoms with Gasteiger partial charge in [-0.05, 0) is 24.0 Å². The average Bonchev–Trinajstić information content (AvgIpc) is 3.15. The molecule has 2 aliphatic heterocycles. The Morgan fingerprint density at radius 3 is 2.34 bits per heavy atom. The second-order valence-electron chi connectivity index (χ2n) is 7.54. The molecule has 0 unspecified atom stereocenters. The minimum Gasteiger partial charge on any atom is -0.342 e. The van der Waals surface area contributed by atoms with Crippen molar-refractivity contribution in [1.82, 2.24) is 4.90 Å². The van der Waals surface area contributed by atoms with Gasteiger partial charge >= 0.3 is 0 Å². The number of amidine groups is 1. The van der Waals surface area contributed by atoms with Crippen LogP contribution in [-0.2, 0) is 27.6 Å². The Bertz CT molecular complexity index is 991. The van der Waals surface area contributed by atoms with Crippen molar-refractivity contribution < 1.29 is 13.2 Å². The first-order valence-corrected chi connectivity index (χ1v) is 12.5. The van der Waals surface area contributed by atoms with Crippen LogP contribution in [0, 0.1) is 0 Å². The maximum absolute atomic E-state index is 12.5. The number of thioether (sulfide) groups is 1. The van der Waals surface area contributed by atoms with Crippen molar-refractivity contribution >= 4 is 32.7 Å². The Kier molecular flexibility index (Phi) is 6.06. The van der Waals surface area contributed by atoms with E-state index in [1.807, 2.05) is 53.4 Å². The zero-order valence-electron chi connectivity index (χ0n) is 16.1. The van der Waals surface area contributed by atoms with Gasteiger partial charge in [-0.1, -0.05) is 72.4 Å². The molecule has 2 atom stereocenters. The third-order valence-corrected chi connectivity index (χ3v) is 8.54. The minimum atomic E-state index is -3.03. The molecule has 0 saturated carbocycles. The molecular weight excluding hydrogens is 404 g/mol. The monoisotopic (exact) mass is 428 g/mol. The normalized spacial score (nSPS) is 24.0. The van der Waals surface area contributed by atoms with Crippen LogP contribution in [0.15, 0.2) is 65.7 Å². The summed E-state index contributed by atoms with van der Waals surface area (Å²) in [5.74, 6) is 0.164. The van der Waals surface area contributed by atoms with E-state index in [-0.39, 0.29) is 28.7 Å². The van der Waals surface area contributed by atoms with E-state index in [2.05, 4.69) is 17.1 Å². The van der Waals surface area contributed by atoms with Crippen molar-refractivity contribution in [3.63, 3.8) is 0 Å². The third kappa shape index (κ3) is 5.08. The molecule has 2 heterocycles. The number of benzene rings is 2. The minimum absolute atomic E-state index is 0.0421. The van der Waals surface area contributed by atoms with Crippen molar-refractivity contribution in [2.45, 2.75) is 37.1 Å². The van der Waals surface area contributed by atoms with E-state index >= 15 is 0 Å². The maximum Gasteiger partial charge on any atom is 0.248 e. The number of aliphatic imine (C=N–C) groups is 1. The van der Waals surface area contributed by atoms with Crippen LogP contribution in [0.1, 0.15) is 24.0 Å². The average molecular weight is 429 g/mol. The number of carbonyl (C=O) groups excluding carboxylic acids is 1. The van der Waals surface area contributed by atoms with E-state index in [0.29, 0.717) is 18.1 Å². The quantitative estimate of drug-likeness (QED) is 0.706. The fraction of sp³-hybridized carbons (Fsp3) is 0.364. The van der Waals surface area contributed by atoms with Gasteiger partial charge in [0.05, 0.1) is 17.5 Å². The molecule has 2 aromatic rings. The lowest BCUT2D eigenvalue weighted by molar-refractivity contribution is -0.117. The second kappa shape index (κ2) is 8.71. The van der Waals surface area contributed by atoms with Gasteiger partial charge in [0.1, 0.15) is 0 Å². The molecule has 2 saturated heterocycles. The Morgan fingerprint density at radius 2 is 1.66 bits per heavy atom. The van der Waals surface area contributed by atoms with Crippen LogP contribution in [-0.4, -0.2) is 47.2 Å². The van der Waals surface area contributed by atoms with E-state index in [9.17, 15) is 13.2 Å². The SMILES string of the molecule is O=C(CCCc1ccccc1)N=C1S[C@H]2CS(=O)(=O)C[C@H]2N1Cc1ccccc1. The predicted molar refractivity (Wildman–Crippen MR) is 118 cm³/mol. The lowest BCUT2D eigenvalue weighted by Crippen LogP contribution is -2.37. The van der Waals surface area contributed by atoms with Crippen molar-refractivity contribution in [3.05, 3.63) is 71.8 Å². The summed E-state index contributed by atoms with van der Waals surface area (Å²) in [5, 5.41) is 0.628. The lowest BCUT2D eigenvalue weighted by atomic mass is 10.1. The fourth-order valence-corrected chi connectivity index (χ4v) is 7.82. The van der Waals surface area contributed by atoms with E-state index in [1.54, 1.807) is 0 Å². The standard InChI is InChI=1S/C22H24N2O3S2/c25-21(13-7-12-17-8-3-1-4-9-17)23-22-24(14-18-10-5-2-6-11-18)19-15-29(26,27)16-20(19)28-22/h1-6,8-11,19-20H,7,12-16H2/t19-,20+/m1/s1. The number of aryl methyl sites for hydroxylation is 1. The van der Waals surface area contributed by atoms with Crippen LogP contribution in [0.2, 0.25) is 0 Å². The topological polar surface area (TPSA) is 66.8 Å². The Balaban J connectivity index is 1.44. The predicted octanol–water partition coefficient (Wildman–Crippen LogP) is 3.31. The molecule has 2 aromatic carbocycles. The van der Waals surface area contributed by atoms with Crippen LogP contribution in [0.25, 0.3) is 0 Å². The molecular formula is C22H24N2O3S2. The highest BCUT2D eigenvalue weighted by atomic mass is 32.2. The Hall–Kier alpha value is -2.12. The van der Waals surface area contributed by atoms with Crippen molar-refractivity contribution in [3.8, 4) is 0 Å². The van der Waals surface area contributed by atoms with Gasteiger partial charge in [-0.25, -0.2) is 8.42 Å². The van der Waals surface area contributed by atoms with Gasteiger partial charge in [0.25, 0.3) is 0 Å². The van der Waals surface area contributed by atoms with Crippen molar-refractivity contribution in [1.29, 1.82) is 0 Å². The van der Waals surface area contributed by atoms with Gasteiger partial charge in [-0.15, -0.1) is 0 Å².